The smallest absolute Gasteiger partial charge is 0.321 e. The van der Waals surface area contributed by atoms with Gasteiger partial charge < -0.3 is 15.3 Å². The molecule has 0 bridgehead atoms. The first-order valence-electron chi connectivity index (χ1n) is 6.51. The molecule has 4 nitrogen and oxygen atoms in total. The molecule has 104 valence electrons. The van der Waals surface area contributed by atoms with E-state index in [2.05, 4.69) is 5.32 Å². The molecule has 5 heteroatoms. The van der Waals surface area contributed by atoms with Crippen molar-refractivity contribution in [3.63, 3.8) is 0 Å². The molecule has 2 rings (SSSR count). The Bertz CT molecular complexity index is 463. The third-order valence-electron chi connectivity index (χ3n) is 3.47. The van der Waals surface area contributed by atoms with Crippen molar-refractivity contribution in [2.45, 2.75) is 31.8 Å². The molecule has 0 radical (unpaired) electrons. The molecule has 2 N–H and O–H groups in total. The van der Waals surface area contributed by atoms with Gasteiger partial charge in [0.2, 0.25) is 0 Å². The van der Waals surface area contributed by atoms with Gasteiger partial charge in [-0.05, 0) is 38.3 Å². The second kappa shape index (κ2) is 5.57. The molecule has 0 aliphatic carbocycles. The fourth-order valence-corrected chi connectivity index (χ4v) is 2.22. The van der Waals surface area contributed by atoms with Crippen LogP contribution in [0.4, 0.5) is 14.9 Å². The molecule has 1 atom stereocenters. The average molecular weight is 266 g/mol. The first-order valence-corrected chi connectivity index (χ1v) is 6.51. The van der Waals surface area contributed by atoms with Gasteiger partial charge in [0, 0.05) is 13.1 Å². The number of carbonyl (C=O) groups is 1. The molecule has 1 aromatic rings. The largest absolute Gasteiger partial charge is 0.390 e. The summed E-state index contributed by atoms with van der Waals surface area (Å²) in [6.45, 7) is 2.84. The zero-order chi connectivity index (χ0) is 13.9. The molecule has 0 aromatic heterocycles. The van der Waals surface area contributed by atoms with Gasteiger partial charge in [-0.3, -0.25) is 0 Å². The highest BCUT2D eigenvalue weighted by atomic mass is 19.1. The Hall–Kier alpha value is -1.62. The predicted octanol–water partition coefficient (Wildman–Crippen LogP) is 2.59. The van der Waals surface area contributed by atoms with Crippen molar-refractivity contribution in [3.8, 4) is 0 Å². The van der Waals surface area contributed by atoms with Crippen molar-refractivity contribution in [1.29, 1.82) is 0 Å². The molecule has 0 saturated carbocycles. The molecular weight excluding hydrogens is 247 g/mol. The van der Waals surface area contributed by atoms with Gasteiger partial charge in [-0.2, -0.15) is 0 Å². The molecule has 1 saturated heterocycles. The maximum Gasteiger partial charge on any atom is 0.321 e. The van der Waals surface area contributed by atoms with E-state index >= 15 is 0 Å². The molecule has 1 heterocycles. The molecule has 1 unspecified atom stereocenters. The standard InChI is InChI=1S/C14H19FN2O2/c1-14(19)7-4-9-17(10-8-14)13(18)16-12-6-3-2-5-11(12)15/h2-3,5-6,19H,4,7-10H2,1H3,(H,16,18). The SMILES string of the molecule is CC1(O)CCCN(C(=O)Nc2ccccc2F)CC1. The number of nitrogens with one attached hydrogen (secondary N) is 1. The van der Waals surface area contributed by atoms with Gasteiger partial charge in [0.1, 0.15) is 5.82 Å². The summed E-state index contributed by atoms with van der Waals surface area (Å²) in [7, 11) is 0. The summed E-state index contributed by atoms with van der Waals surface area (Å²) < 4.78 is 13.4. The van der Waals surface area contributed by atoms with Gasteiger partial charge in [0.05, 0.1) is 11.3 Å². The Morgan fingerprint density at radius 1 is 1.37 bits per heavy atom. The van der Waals surface area contributed by atoms with Crippen molar-refractivity contribution in [1.82, 2.24) is 4.90 Å². The predicted molar refractivity (Wildman–Crippen MR) is 71.5 cm³/mol. The van der Waals surface area contributed by atoms with E-state index in [1.54, 1.807) is 24.0 Å². The summed E-state index contributed by atoms with van der Waals surface area (Å²) in [5.41, 5.74) is -0.531. The third-order valence-corrected chi connectivity index (χ3v) is 3.47. The quantitative estimate of drug-likeness (QED) is 0.821. The van der Waals surface area contributed by atoms with Crippen LogP contribution >= 0.6 is 0 Å². The van der Waals surface area contributed by atoms with E-state index in [0.717, 1.165) is 6.42 Å². The second-order valence-electron chi connectivity index (χ2n) is 5.25. The van der Waals surface area contributed by atoms with Crippen LogP contribution in [-0.4, -0.2) is 34.7 Å². The van der Waals surface area contributed by atoms with E-state index in [1.807, 2.05) is 0 Å². The minimum atomic E-state index is -0.715. The van der Waals surface area contributed by atoms with Gasteiger partial charge in [0.15, 0.2) is 0 Å². The van der Waals surface area contributed by atoms with Gasteiger partial charge >= 0.3 is 6.03 Å². The average Bonchev–Trinajstić information content (AvgIpc) is 2.53. The Kier molecular flexibility index (Phi) is 4.04. The summed E-state index contributed by atoms with van der Waals surface area (Å²) >= 11 is 0. The Morgan fingerprint density at radius 2 is 2.11 bits per heavy atom. The fraction of sp³-hybridized carbons (Fsp3) is 0.500. The minimum absolute atomic E-state index is 0.184. The lowest BCUT2D eigenvalue weighted by Crippen LogP contribution is -2.36. The molecular formula is C14H19FN2O2. The highest BCUT2D eigenvalue weighted by Crippen LogP contribution is 2.22. The monoisotopic (exact) mass is 266 g/mol. The van der Waals surface area contributed by atoms with Crippen LogP contribution in [0.5, 0.6) is 0 Å². The number of hydrogen-bond donors (Lipinski definition) is 2. The van der Waals surface area contributed by atoms with E-state index in [4.69, 9.17) is 0 Å². The minimum Gasteiger partial charge on any atom is -0.390 e. The number of benzene rings is 1. The lowest BCUT2D eigenvalue weighted by Gasteiger charge is -2.23. The topological polar surface area (TPSA) is 52.6 Å². The second-order valence-corrected chi connectivity index (χ2v) is 5.25. The van der Waals surface area contributed by atoms with Crippen LogP contribution in [-0.2, 0) is 0 Å². The number of hydrogen-bond acceptors (Lipinski definition) is 2. The Balaban J connectivity index is 1.99. The zero-order valence-corrected chi connectivity index (χ0v) is 11.0. The van der Waals surface area contributed by atoms with Gasteiger partial charge in [-0.1, -0.05) is 12.1 Å². The van der Waals surface area contributed by atoms with E-state index in [9.17, 15) is 14.3 Å². The summed E-state index contributed by atoms with van der Waals surface area (Å²) in [6, 6.07) is 5.77. The number of carbonyl (C=O) groups excluding carboxylic acids is 1. The molecule has 1 aromatic carbocycles. The third kappa shape index (κ3) is 3.67. The molecule has 1 aliphatic heterocycles. The number of likely N-dealkylation sites (tertiary alicyclic amines) is 1. The van der Waals surface area contributed by atoms with Crippen LogP contribution in [0.1, 0.15) is 26.2 Å². The van der Waals surface area contributed by atoms with Crippen LogP contribution in [0.25, 0.3) is 0 Å². The van der Waals surface area contributed by atoms with Crippen molar-refractivity contribution in [3.05, 3.63) is 30.1 Å². The summed E-state index contributed by atoms with van der Waals surface area (Å²) in [4.78, 5) is 13.7. The van der Waals surface area contributed by atoms with E-state index in [0.29, 0.717) is 25.9 Å². The normalized spacial score (nSPS) is 23.8. The van der Waals surface area contributed by atoms with Crippen LogP contribution < -0.4 is 5.32 Å². The zero-order valence-electron chi connectivity index (χ0n) is 11.0. The van der Waals surface area contributed by atoms with Crippen molar-refractivity contribution in [2.75, 3.05) is 18.4 Å². The lowest BCUT2D eigenvalue weighted by molar-refractivity contribution is 0.0458. The number of para-hydroxylation sites is 1. The highest BCUT2D eigenvalue weighted by molar-refractivity contribution is 5.89. The lowest BCUT2D eigenvalue weighted by atomic mass is 9.98. The number of aliphatic hydroxyl groups is 1. The number of amides is 2. The number of rotatable bonds is 1. The van der Waals surface area contributed by atoms with Gasteiger partial charge in [0.25, 0.3) is 0 Å². The van der Waals surface area contributed by atoms with Gasteiger partial charge in [-0.25, -0.2) is 9.18 Å². The number of halogens is 1. The Labute approximate surface area is 112 Å². The Morgan fingerprint density at radius 3 is 2.84 bits per heavy atom. The van der Waals surface area contributed by atoms with Crippen molar-refractivity contribution < 1.29 is 14.3 Å². The van der Waals surface area contributed by atoms with Crippen LogP contribution in [0.2, 0.25) is 0 Å². The number of anilines is 1. The van der Waals surface area contributed by atoms with Crippen LogP contribution in [0.15, 0.2) is 24.3 Å². The van der Waals surface area contributed by atoms with E-state index in [-0.39, 0.29) is 11.7 Å². The van der Waals surface area contributed by atoms with E-state index < -0.39 is 11.4 Å². The summed E-state index contributed by atoms with van der Waals surface area (Å²) in [6.07, 6.45) is 1.96. The fourth-order valence-electron chi connectivity index (χ4n) is 2.22. The first-order chi connectivity index (χ1) is 8.98. The molecule has 2 amide bonds. The van der Waals surface area contributed by atoms with Crippen LogP contribution in [0, 0.1) is 5.82 Å². The molecule has 0 spiro atoms. The molecule has 1 fully saturated rings. The summed E-state index contributed by atoms with van der Waals surface area (Å²) in [5, 5.41) is 12.5. The van der Waals surface area contributed by atoms with Crippen molar-refractivity contribution >= 4 is 11.7 Å². The molecule has 1 aliphatic rings. The maximum absolute atomic E-state index is 13.4. The number of urea groups is 1. The van der Waals surface area contributed by atoms with Gasteiger partial charge in [-0.15, -0.1) is 0 Å². The highest BCUT2D eigenvalue weighted by Gasteiger charge is 2.27. The van der Waals surface area contributed by atoms with Crippen LogP contribution in [0.3, 0.4) is 0 Å². The summed E-state index contributed by atoms with van der Waals surface area (Å²) in [5.74, 6) is -0.447. The number of nitrogens with zero attached hydrogens (tertiary/aromatic N) is 1. The first kappa shape index (κ1) is 13.8. The van der Waals surface area contributed by atoms with E-state index in [1.165, 1.54) is 12.1 Å². The molecule has 19 heavy (non-hydrogen) atoms. The maximum atomic E-state index is 13.4. The van der Waals surface area contributed by atoms with Crippen molar-refractivity contribution in [2.24, 2.45) is 0 Å².